The minimum Gasteiger partial charge on any atom is -0.542 e. The maximum Gasteiger partial charge on any atom is 2.00 e. The van der Waals surface area contributed by atoms with Crippen LogP contribution in [0.2, 0.25) is 0 Å². The Balaban J connectivity index is -0.0000000910. The van der Waals surface area contributed by atoms with E-state index in [0.717, 1.165) is 6.42 Å². The number of hydrogen-bond acceptors (Lipinski definition) is 1. The summed E-state index contributed by atoms with van der Waals surface area (Å²) < 4.78 is 0. The minimum atomic E-state index is 0. The van der Waals surface area contributed by atoms with E-state index in [4.69, 9.17) is 0 Å². The van der Waals surface area contributed by atoms with Crippen molar-refractivity contribution in [1.29, 1.82) is 0 Å². The van der Waals surface area contributed by atoms with Crippen LogP contribution in [0.15, 0.2) is 0 Å². The van der Waals surface area contributed by atoms with Gasteiger partial charge in [-0.1, -0.05) is 13.3 Å². The van der Waals surface area contributed by atoms with Gasteiger partial charge >= 0.3 is 21.7 Å². The predicted molar refractivity (Wildman–Crippen MR) is 40.9 cm³/mol. The zero-order chi connectivity index (χ0) is 7.70. The van der Waals surface area contributed by atoms with Crippen molar-refractivity contribution in [3.63, 3.8) is 0 Å². The van der Waals surface area contributed by atoms with Crippen molar-refractivity contribution in [3.05, 3.63) is 5.92 Å². The molecule has 0 aromatic rings. The van der Waals surface area contributed by atoms with Gasteiger partial charge in [0.1, 0.15) is 0 Å². The topological polar surface area (TPSA) is 17.1 Å². The molecule has 2 heteroatoms. The molecule has 0 aliphatic carbocycles. The van der Waals surface area contributed by atoms with Crippen LogP contribution in [0.1, 0.15) is 40.5 Å². The van der Waals surface area contributed by atoms with Gasteiger partial charge in [0.2, 0.25) is 0 Å². The molecule has 0 aromatic carbocycles. The molecule has 0 bridgehead atoms. The first-order valence-electron chi connectivity index (χ1n) is 3.26. The second-order valence-corrected chi connectivity index (χ2v) is 2.39. The third kappa shape index (κ3) is 80.4. The average molecular weight is 176 g/mol. The van der Waals surface area contributed by atoms with Crippen LogP contribution in [0.5, 0.6) is 0 Å². The fraction of sp³-hybridized carbons (Fsp3) is 0.750. The van der Waals surface area contributed by atoms with E-state index >= 15 is 0 Å². The minimum absolute atomic E-state index is 0. The molecular weight excluding hydrogens is 160 g/mol. The van der Waals surface area contributed by atoms with E-state index in [1.165, 1.54) is 5.92 Å². The second kappa shape index (κ2) is 16.2. The summed E-state index contributed by atoms with van der Waals surface area (Å²) in [6.07, 6.45) is 3.27. The van der Waals surface area contributed by atoms with E-state index in [1.54, 1.807) is 6.29 Å². The molecule has 1 nitrogen and oxygen atoms in total. The van der Waals surface area contributed by atoms with Crippen LogP contribution in [0, 0.1) is 5.92 Å². The Hall–Kier alpha value is 0.384. The summed E-state index contributed by atoms with van der Waals surface area (Å²) in [5.74, 6) is 1.42. The van der Waals surface area contributed by atoms with Gasteiger partial charge in [0.05, 0.1) is 0 Å². The number of unbranched alkanes of at least 4 members (excludes halogenated alkanes) is 1. The van der Waals surface area contributed by atoms with Gasteiger partial charge in [-0.2, -0.15) is 27.2 Å². The molecular formula is C8H16OTi. The largest absolute Gasteiger partial charge is 2.00 e. The Bertz CT molecular complexity index is 50.5. The molecule has 0 saturated heterocycles. The van der Waals surface area contributed by atoms with Gasteiger partial charge in [0.15, 0.2) is 0 Å². The molecule has 0 heterocycles. The SMILES string of the molecule is CCC[C-]=O.C[C-](C)C.[Ti+2]. The molecule has 0 spiro atoms. The van der Waals surface area contributed by atoms with Gasteiger partial charge < -0.3 is 10.7 Å². The summed E-state index contributed by atoms with van der Waals surface area (Å²) in [6.45, 7) is 8.20. The first kappa shape index (κ1) is 16.8. The molecule has 0 N–H and O–H groups in total. The van der Waals surface area contributed by atoms with Gasteiger partial charge in [-0.3, -0.25) is 6.29 Å². The average Bonchev–Trinajstić information content (AvgIpc) is 1.66. The van der Waals surface area contributed by atoms with E-state index < -0.39 is 0 Å². The van der Waals surface area contributed by atoms with Crippen molar-refractivity contribution >= 4 is 6.29 Å². The van der Waals surface area contributed by atoms with E-state index in [-0.39, 0.29) is 21.7 Å². The van der Waals surface area contributed by atoms with Crippen LogP contribution in [0.4, 0.5) is 0 Å². The maximum absolute atomic E-state index is 9.28. The second-order valence-electron chi connectivity index (χ2n) is 2.39. The standard InChI is InChI=1S/C4H7O.C4H9.Ti/c1-2-3-4-5;1-4(2)3;/h2-3H2,1H3;1-3H3;/q2*-1;+2. The van der Waals surface area contributed by atoms with Crippen molar-refractivity contribution in [2.24, 2.45) is 0 Å². The Kier molecular flexibility index (Phi) is 27.1. The fourth-order valence-corrected chi connectivity index (χ4v) is 0.102. The Labute approximate surface area is 79.5 Å². The predicted octanol–water partition coefficient (Wildman–Crippen LogP) is 2.51. The summed E-state index contributed by atoms with van der Waals surface area (Å²) in [5.41, 5.74) is 0. The molecule has 0 aromatic heterocycles. The molecule has 0 aliphatic rings. The van der Waals surface area contributed by atoms with Gasteiger partial charge in [0, 0.05) is 0 Å². The molecule has 0 fully saturated rings. The van der Waals surface area contributed by atoms with E-state index in [2.05, 4.69) is 20.8 Å². The number of rotatable bonds is 2. The zero-order valence-corrected chi connectivity index (χ0v) is 8.88. The first-order valence-corrected chi connectivity index (χ1v) is 3.26. The van der Waals surface area contributed by atoms with Crippen molar-refractivity contribution in [1.82, 2.24) is 0 Å². The van der Waals surface area contributed by atoms with Crippen molar-refractivity contribution in [2.45, 2.75) is 40.5 Å². The summed E-state index contributed by atoms with van der Waals surface area (Å²) in [5, 5.41) is 0. The normalized spacial score (nSPS) is 7.30. The smallest absolute Gasteiger partial charge is 0.542 e. The van der Waals surface area contributed by atoms with Gasteiger partial charge in [-0.15, -0.1) is 0 Å². The molecule has 0 saturated carbocycles. The molecule has 0 amide bonds. The molecule has 10 heavy (non-hydrogen) atoms. The van der Waals surface area contributed by atoms with E-state index in [9.17, 15) is 4.79 Å². The summed E-state index contributed by atoms with van der Waals surface area (Å²) in [6, 6.07) is 0. The van der Waals surface area contributed by atoms with Crippen LogP contribution < -0.4 is 0 Å². The summed E-state index contributed by atoms with van der Waals surface area (Å²) in [4.78, 5) is 9.28. The molecule has 0 aliphatic heterocycles. The van der Waals surface area contributed by atoms with Crippen LogP contribution in [-0.2, 0) is 26.5 Å². The third-order valence-corrected chi connectivity index (χ3v) is 0.352. The fourth-order valence-electron chi connectivity index (χ4n) is 0.102. The molecule has 0 atom stereocenters. The summed E-state index contributed by atoms with van der Waals surface area (Å²) in [7, 11) is 0. The van der Waals surface area contributed by atoms with E-state index in [0.29, 0.717) is 6.42 Å². The molecule has 0 unspecified atom stereocenters. The quantitative estimate of drug-likeness (QED) is 0.466. The van der Waals surface area contributed by atoms with Gasteiger partial charge in [0.25, 0.3) is 0 Å². The summed E-state index contributed by atoms with van der Waals surface area (Å²) >= 11 is 0. The van der Waals surface area contributed by atoms with Crippen molar-refractivity contribution in [2.75, 3.05) is 0 Å². The Morgan fingerprint density at radius 3 is 1.60 bits per heavy atom. The van der Waals surface area contributed by atoms with E-state index in [1.807, 2.05) is 6.92 Å². The number of hydrogen-bond donors (Lipinski definition) is 0. The first-order chi connectivity index (χ1) is 4.15. The number of carbonyl (C=O) groups excluding carboxylic acids is 1. The van der Waals surface area contributed by atoms with Gasteiger partial charge in [-0.05, 0) is 0 Å². The zero-order valence-electron chi connectivity index (χ0n) is 7.32. The molecule has 58 valence electrons. The Morgan fingerprint density at radius 2 is 1.60 bits per heavy atom. The van der Waals surface area contributed by atoms with Crippen molar-refractivity contribution < 1.29 is 26.5 Å². The van der Waals surface area contributed by atoms with Crippen molar-refractivity contribution in [3.8, 4) is 0 Å². The van der Waals surface area contributed by atoms with Crippen LogP contribution >= 0.6 is 0 Å². The maximum atomic E-state index is 9.28. The Morgan fingerprint density at radius 1 is 1.30 bits per heavy atom. The third-order valence-electron chi connectivity index (χ3n) is 0.352. The van der Waals surface area contributed by atoms with Gasteiger partial charge in [-0.25, -0.2) is 0 Å². The monoisotopic (exact) mass is 176 g/mol. The van der Waals surface area contributed by atoms with Crippen LogP contribution in [0.25, 0.3) is 0 Å². The van der Waals surface area contributed by atoms with Crippen LogP contribution in [0.3, 0.4) is 0 Å². The molecule has 0 rings (SSSR count). The molecule has 0 radical (unpaired) electrons. The van der Waals surface area contributed by atoms with Crippen LogP contribution in [-0.4, -0.2) is 6.29 Å².